The normalized spacial score (nSPS) is 12.0. The van der Waals surface area contributed by atoms with Crippen molar-refractivity contribution >= 4 is 0 Å². The molecule has 2 nitrogen and oxygen atoms in total. The fraction of sp³-hybridized carbons (Fsp3) is 1.00. The van der Waals surface area contributed by atoms with Crippen molar-refractivity contribution in [1.82, 2.24) is 0 Å². The zero-order valence-corrected chi connectivity index (χ0v) is 9.31. The first kappa shape index (κ1) is 12.9. The van der Waals surface area contributed by atoms with Gasteiger partial charge in [-0.2, -0.15) is 0 Å². The van der Waals surface area contributed by atoms with Crippen molar-refractivity contribution in [1.29, 1.82) is 0 Å². The van der Waals surface area contributed by atoms with Gasteiger partial charge < -0.3 is 0 Å². The van der Waals surface area contributed by atoms with Crippen LogP contribution in [0.25, 0.3) is 0 Å². The molecule has 0 heterocycles. The van der Waals surface area contributed by atoms with Crippen molar-refractivity contribution in [3.63, 3.8) is 0 Å². The Kier molecular flexibility index (Phi) is 7.29. The maximum absolute atomic E-state index is 8.09. The molecule has 80 valence electrons. The Bertz CT molecular complexity index is 111. The van der Waals surface area contributed by atoms with E-state index in [0.29, 0.717) is 12.0 Å². The molecule has 0 aliphatic rings. The lowest BCUT2D eigenvalue weighted by atomic mass is 9.84. The van der Waals surface area contributed by atoms with Gasteiger partial charge >= 0.3 is 0 Å². The zero-order valence-electron chi connectivity index (χ0n) is 9.31. The van der Waals surface area contributed by atoms with Crippen LogP contribution in [0.4, 0.5) is 0 Å². The third kappa shape index (κ3) is 8.26. The Morgan fingerprint density at radius 2 is 1.69 bits per heavy atom. The van der Waals surface area contributed by atoms with Crippen molar-refractivity contribution in [3.05, 3.63) is 0 Å². The Morgan fingerprint density at radius 1 is 1.08 bits per heavy atom. The predicted molar refractivity (Wildman–Crippen MR) is 55.7 cm³/mol. The first-order valence-electron chi connectivity index (χ1n) is 5.39. The van der Waals surface area contributed by atoms with Gasteiger partial charge in [0.05, 0.1) is 6.61 Å². The summed E-state index contributed by atoms with van der Waals surface area (Å²) < 4.78 is 0. The number of unbranched alkanes of at least 4 members (excludes halogenated alkanes) is 3. The topological polar surface area (TPSA) is 29.5 Å². The third-order valence-corrected chi connectivity index (χ3v) is 2.80. The van der Waals surface area contributed by atoms with E-state index >= 15 is 0 Å². The summed E-state index contributed by atoms with van der Waals surface area (Å²) in [5, 5.41) is 8.09. The quantitative estimate of drug-likeness (QED) is 0.356. The van der Waals surface area contributed by atoms with Crippen LogP contribution in [-0.4, -0.2) is 11.9 Å². The molecule has 0 radical (unpaired) electrons. The van der Waals surface area contributed by atoms with Crippen LogP contribution in [0.3, 0.4) is 0 Å². The van der Waals surface area contributed by atoms with E-state index < -0.39 is 0 Å². The Hall–Kier alpha value is -0.0800. The van der Waals surface area contributed by atoms with Crippen LogP contribution in [0.2, 0.25) is 0 Å². The van der Waals surface area contributed by atoms with Crippen LogP contribution in [0.5, 0.6) is 0 Å². The van der Waals surface area contributed by atoms with Crippen molar-refractivity contribution in [2.24, 2.45) is 5.41 Å². The summed E-state index contributed by atoms with van der Waals surface area (Å²) in [6.07, 6.45) is 7.26. The second-order valence-corrected chi connectivity index (χ2v) is 4.52. The highest BCUT2D eigenvalue weighted by Gasteiger charge is 2.13. The molecule has 2 heteroatoms. The highest BCUT2D eigenvalue weighted by Crippen LogP contribution is 2.27. The Balaban J connectivity index is 3.16. The molecular weight excluding hydrogens is 164 g/mol. The average molecular weight is 188 g/mol. The molecule has 0 spiro atoms. The van der Waals surface area contributed by atoms with Crippen LogP contribution in [0, 0.1) is 5.41 Å². The zero-order chi connectivity index (χ0) is 10.2. The highest BCUT2D eigenvalue weighted by molar-refractivity contribution is 4.65. The summed E-state index contributed by atoms with van der Waals surface area (Å²) in [6, 6.07) is 0. The van der Waals surface area contributed by atoms with Gasteiger partial charge in [0.25, 0.3) is 0 Å². The monoisotopic (exact) mass is 188 g/mol. The molecule has 0 saturated heterocycles. The number of rotatable bonds is 8. The van der Waals surface area contributed by atoms with Gasteiger partial charge in [0, 0.05) is 0 Å². The van der Waals surface area contributed by atoms with E-state index in [0.717, 1.165) is 6.42 Å². The van der Waals surface area contributed by atoms with Gasteiger partial charge in [-0.15, -0.1) is 0 Å². The summed E-state index contributed by atoms with van der Waals surface area (Å²) >= 11 is 0. The molecule has 0 aliphatic carbocycles. The van der Waals surface area contributed by atoms with Gasteiger partial charge in [-0.05, 0) is 18.3 Å². The van der Waals surface area contributed by atoms with Crippen molar-refractivity contribution in [3.8, 4) is 0 Å². The average Bonchev–Trinajstić information content (AvgIpc) is 2.11. The summed E-state index contributed by atoms with van der Waals surface area (Å²) in [4.78, 5) is 4.01. The summed E-state index contributed by atoms with van der Waals surface area (Å²) in [7, 11) is 0. The highest BCUT2D eigenvalue weighted by atomic mass is 17.1. The van der Waals surface area contributed by atoms with Crippen molar-refractivity contribution in [2.45, 2.75) is 59.3 Å². The van der Waals surface area contributed by atoms with E-state index in [4.69, 9.17) is 5.26 Å². The van der Waals surface area contributed by atoms with Crippen LogP contribution in [-0.2, 0) is 4.89 Å². The van der Waals surface area contributed by atoms with Gasteiger partial charge in [0.15, 0.2) is 0 Å². The molecule has 0 aliphatic heterocycles. The van der Waals surface area contributed by atoms with E-state index in [2.05, 4.69) is 25.7 Å². The van der Waals surface area contributed by atoms with E-state index in [1.165, 1.54) is 32.1 Å². The summed E-state index contributed by atoms with van der Waals surface area (Å²) in [6.45, 7) is 7.38. The van der Waals surface area contributed by atoms with Crippen molar-refractivity contribution < 1.29 is 10.1 Å². The summed E-state index contributed by atoms with van der Waals surface area (Å²) in [5.74, 6) is 0. The maximum Gasteiger partial charge on any atom is 0.0819 e. The molecule has 13 heavy (non-hydrogen) atoms. The van der Waals surface area contributed by atoms with E-state index in [9.17, 15) is 0 Å². The fourth-order valence-electron chi connectivity index (χ4n) is 1.30. The summed E-state index contributed by atoms with van der Waals surface area (Å²) in [5.41, 5.74) is 0.507. The minimum atomic E-state index is 0.483. The van der Waals surface area contributed by atoms with Gasteiger partial charge in [-0.1, -0.05) is 46.5 Å². The second kappa shape index (κ2) is 7.34. The molecule has 0 bridgehead atoms. The molecule has 0 fully saturated rings. The van der Waals surface area contributed by atoms with Crippen LogP contribution in [0.15, 0.2) is 0 Å². The van der Waals surface area contributed by atoms with E-state index in [-0.39, 0.29) is 0 Å². The van der Waals surface area contributed by atoms with Gasteiger partial charge in [-0.25, -0.2) is 4.89 Å². The molecule has 1 N–H and O–H groups in total. The minimum absolute atomic E-state index is 0.483. The molecular formula is C11H24O2. The van der Waals surface area contributed by atoms with Gasteiger partial charge in [0.1, 0.15) is 0 Å². The third-order valence-electron chi connectivity index (χ3n) is 2.80. The van der Waals surface area contributed by atoms with Gasteiger partial charge in [-0.3, -0.25) is 5.26 Å². The number of hydrogen-bond donors (Lipinski definition) is 1. The SMILES string of the molecule is CCC(C)(C)CCCCCCOO. The first-order valence-corrected chi connectivity index (χ1v) is 5.39. The maximum atomic E-state index is 8.09. The minimum Gasteiger partial charge on any atom is -0.252 e. The molecule has 0 aromatic heterocycles. The lowest BCUT2D eigenvalue weighted by Crippen LogP contribution is -2.08. The van der Waals surface area contributed by atoms with Crippen LogP contribution >= 0.6 is 0 Å². The second-order valence-electron chi connectivity index (χ2n) is 4.52. The predicted octanol–water partition coefficient (Wildman–Crippen LogP) is 3.86. The van der Waals surface area contributed by atoms with E-state index in [1.54, 1.807) is 0 Å². The molecule has 0 amide bonds. The Morgan fingerprint density at radius 3 is 2.23 bits per heavy atom. The number of hydrogen-bond acceptors (Lipinski definition) is 2. The largest absolute Gasteiger partial charge is 0.252 e. The molecule has 0 rings (SSSR count). The molecule has 0 aromatic carbocycles. The lowest BCUT2D eigenvalue weighted by molar-refractivity contribution is -0.242. The first-order chi connectivity index (χ1) is 6.12. The smallest absolute Gasteiger partial charge is 0.0819 e. The lowest BCUT2D eigenvalue weighted by Gasteiger charge is -2.22. The van der Waals surface area contributed by atoms with Gasteiger partial charge in [0.2, 0.25) is 0 Å². The van der Waals surface area contributed by atoms with Crippen LogP contribution < -0.4 is 0 Å². The van der Waals surface area contributed by atoms with E-state index in [1.807, 2.05) is 0 Å². The molecule has 0 saturated carbocycles. The molecule has 0 atom stereocenters. The molecule has 0 aromatic rings. The Labute approximate surface area is 82.2 Å². The fourth-order valence-corrected chi connectivity index (χ4v) is 1.30. The standard InChI is InChI=1S/C11H24O2/c1-4-11(2,3)9-7-5-6-8-10-13-12/h12H,4-10H2,1-3H3. The van der Waals surface area contributed by atoms with Crippen molar-refractivity contribution in [2.75, 3.05) is 6.61 Å². The van der Waals surface area contributed by atoms with Crippen LogP contribution in [0.1, 0.15) is 59.3 Å². The molecule has 0 unspecified atom stereocenters.